The molecule has 0 aliphatic rings. The van der Waals surface area contributed by atoms with Gasteiger partial charge in [0.2, 0.25) is 0 Å². The van der Waals surface area contributed by atoms with E-state index < -0.39 is 24.3 Å². The number of nitrogens with zero attached hydrogens (tertiary/aromatic N) is 6. The molecule has 0 aromatic carbocycles. The predicted molar refractivity (Wildman–Crippen MR) is 126 cm³/mol. The van der Waals surface area contributed by atoms with E-state index in [4.69, 9.17) is 42.7 Å². The van der Waals surface area contributed by atoms with Crippen LogP contribution < -0.4 is 43.1 Å². The van der Waals surface area contributed by atoms with Crippen LogP contribution in [-0.2, 0) is 9.59 Å². The van der Waals surface area contributed by atoms with E-state index in [1.54, 1.807) is 24.5 Å². The van der Waals surface area contributed by atoms with E-state index >= 15 is 0 Å². The van der Waals surface area contributed by atoms with E-state index in [0.717, 1.165) is 0 Å². The molecule has 0 spiro atoms. The van der Waals surface area contributed by atoms with Gasteiger partial charge in [-0.15, -0.1) is 0 Å². The van der Waals surface area contributed by atoms with Crippen LogP contribution >= 0.6 is 0 Å². The average Bonchev–Trinajstić information content (AvgIpc) is 2.87. The Morgan fingerprint density at radius 2 is 0.860 bits per heavy atom. The minimum atomic E-state index is -5.19. The van der Waals surface area contributed by atoms with Crippen LogP contribution in [0.4, 0.5) is 50.1 Å². The molecular weight excluding hydrogens is 602 g/mol. The molecule has 0 atom stereocenters. The summed E-state index contributed by atoms with van der Waals surface area (Å²) in [7, 11) is 0. The zero-order valence-corrected chi connectivity index (χ0v) is 20.9. The number of carbonyl (C=O) groups excluding carboxylic acids is 2. The highest BCUT2D eigenvalue weighted by Crippen LogP contribution is 2.22. The second-order valence-electron chi connectivity index (χ2n) is 7.32. The Morgan fingerprint density at radius 3 is 1.05 bits per heavy atom. The quantitative estimate of drug-likeness (QED) is 0.164. The zero-order chi connectivity index (χ0) is 31.8. The highest BCUT2D eigenvalue weighted by molar-refractivity contribution is 5.71. The van der Waals surface area contributed by atoms with Gasteiger partial charge < -0.3 is 48.2 Å². The molecule has 0 saturated heterocycles. The second kappa shape index (κ2) is 14.1. The van der Waals surface area contributed by atoms with Crippen molar-refractivity contribution in [1.82, 2.24) is 29.9 Å². The summed E-state index contributed by atoms with van der Waals surface area (Å²) in [6, 6.07) is 7.22. The van der Waals surface area contributed by atoms with Gasteiger partial charge in [0.05, 0.1) is 22.5 Å². The molecule has 4 heterocycles. The lowest BCUT2D eigenvalue weighted by atomic mass is 10.2. The Kier molecular flexibility index (Phi) is 11.5. The van der Waals surface area contributed by atoms with Crippen LogP contribution in [0, 0.1) is 0 Å². The molecule has 17 nitrogen and oxygen atoms in total. The van der Waals surface area contributed by atoms with Crippen molar-refractivity contribution in [2.24, 2.45) is 0 Å². The molecule has 0 unspecified atom stereocenters. The van der Waals surface area contributed by atoms with Crippen LogP contribution in [0.15, 0.2) is 36.7 Å². The summed E-state index contributed by atoms with van der Waals surface area (Å²) < 4.78 is 63.1. The summed E-state index contributed by atoms with van der Waals surface area (Å²) in [6.45, 7) is 0. The number of nitrogens with two attached hydrogens (primary N) is 4. The molecule has 4 rings (SSSR count). The molecule has 0 radical (unpaired) electrons. The van der Waals surface area contributed by atoms with Crippen molar-refractivity contribution >= 4 is 35.7 Å². The number of pyridine rings is 2. The number of anilines is 4. The van der Waals surface area contributed by atoms with Gasteiger partial charge in [0.25, 0.3) is 11.6 Å². The first kappa shape index (κ1) is 35.0. The molecule has 0 saturated carbocycles. The number of hydrogen-bond acceptors (Lipinski definition) is 14. The number of aromatic nitrogens is 8. The smallest absolute Gasteiger partial charge is 0.430 e. The van der Waals surface area contributed by atoms with Crippen LogP contribution in [0.1, 0.15) is 0 Å². The first-order valence-electron chi connectivity index (χ1n) is 10.5. The largest absolute Gasteiger partial charge is 0.542 e. The van der Waals surface area contributed by atoms with Gasteiger partial charge in [-0.1, -0.05) is 19.9 Å². The fourth-order valence-corrected chi connectivity index (χ4v) is 2.49. The highest BCUT2D eigenvalue weighted by Gasteiger charge is 2.29. The fraction of sp³-hybridized carbons (Fsp3) is 0.100. The van der Waals surface area contributed by atoms with Crippen molar-refractivity contribution < 1.29 is 61.6 Å². The summed E-state index contributed by atoms with van der Waals surface area (Å²) in [4.78, 5) is 48.0. The lowest BCUT2D eigenvalue weighted by Crippen LogP contribution is -2.37. The van der Waals surface area contributed by atoms with Gasteiger partial charge in [-0.3, -0.25) is 9.97 Å². The number of carboxylic acid groups (broad SMARTS) is 2. The maximum Gasteiger partial charge on any atom is 0.430 e. The lowest BCUT2D eigenvalue weighted by Gasteiger charge is -2.03. The summed E-state index contributed by atoms with van der Waals surface area (Å²) in [5.74, 6) is -4.57. The zero-order valence-electron chi connectivity index (χ0n) is 20.9. The summed E-state index contributed by atoms with van der Waals surface area (Å²) >= 11 is 0. The average molecular weight is 620 g/mol. The van der Waals surface area contributed by atoms with E-state index in [9.17, 15) is 26.3 Å². The van der Waals surface area contributed by atoms with Gasteiger partial charge in [0.15, 0.2) is 0 Å². The number of carboxylic acids is 2. The standard InChI is InChI=1S/C16H14N12.2C2HF3O2.H2O/c17-13-23-11(24-14(18)27-13)7-1-3-9(21-5-7)10-4-2-8(6-22-10)12-25-15(19)28-16(20)26-12;2*3-2(4,5)1(6)7;/h1-6H,(H4,17,18,23,24,27)(H4,19,20,25,26,28);2*(H,6,7);1H2. The van der Waals surface area contributed by atoms with E-state index in [1.807, 2.05) is 12.1 Å². The van der Waals surface area contributed by atoms with Gasteiger partial charge in [-0.05, 0) is 24.3 Å². The monoisotopic (exact) mass is 620 g/mol. The molecule has 23 heteroatoms. The number of H-pyrrole nitrogens is 2. The molecule has 0 aliphatic carbocycles. The first-order valence-corrected chi connectivity index (χ1v) is 10.5. The summed E-state index contributed by atoms with van der Waals surface area (Å²) in [5.41, 5.74) is 25.3. The molecule has 0 bridgehead atoms. The number of nitrogens with one attached hydrogen (secondary N) is 2. The summed E-state index contributed by atoms with van der Waals surface area (Å²) in [6.07, 6.45) is -7.15. The van der Waals surface area contributed by atoms with Gasteiger partial charge >= 0.3 is 36.1 Å². The van der Waals surface area contributed by atoms with Gasteiger partial charge in [-0.2, -0.15) is 26.3 Å². The molecule has 12 N–H and O–H groups in total. The van der Waals surface area contributed by atoms with Crippen molar-refractivity contribution in [2.75, 3.05) is 22.9 Å². The highest BCUT2D eigenvalue weighted by atomic mass is 19.4. The van der Waals surface area contributed by atoms with E-state index in [0.29, 0.717) is 34.2 Å². The van der Waals surface area contributed by atoms with Crippen molar-refractivity contribution in [2.45, 2.75) is 12.4 Å². The van der Waals surface area contributed by atoms with Gasteiger partial charge in [0, 0.05) is 12.4 Å². The van der Waals surface area contributed by atoms with E-state index in [1.165, 1.54) is 0 Å². The molecule has 4 aromatic heterocycles. The molecule has 230 valence electrons. The third-order valence-electron chi connectivity index (χ3n) is 4.19. The molecule has 0 amide bonds. The number of aromatic amines is 2. The van der Waals surface area contributed by atoms with Crippen molar-refractivity contribution in [1.29, 1.82) is 0 Å². The van der Waals surface area contributed by atoms with Crippen LogP contribution in [0.2, 0.25) is 0 Å². The Bertz CT molecular complexity index is 1400. The third-order valence-corrected chi connectivity index (χ3v) is 4.19. The Morgan fingerprint density at radius 1 is 0.605 bits per heavy atom. The van der Waals surface area contributed by atoms with Crippen LogP contribution in [0.3, 0.4) is 0 Å². The SMILES string of the molecule is Nc1nc(-c2ccc(-c3ccc(-c4nc(N)[nH+]c(N)n4)cn3)nc2)nc(N)[nH+]1.O.O=C([O-])C(F)(F)F.O=C([O-])C(F)(F)F. The fourth-order valence-electron chi connectivity index (χ4n) is 2.49. The number of nitrogen functional groups attached to an aromatic ring is 4. The summed E-state index contributed by atoms with van der Waals surface area (Å²) in [5, 5.41) is 17.6. The number of halogens is 6. The predicted octanol–water partition coefficient (Wildman–Crippen LogP) is -3.21. The molecular formula is C20H18F6N12O5. The molecule has 4 aromatic rings. The number of carbonyl (C=O) groups is 2. The minimum absolute atomic E-state index is 0. The van der Waals surface area contributed by atoms with Crippen molar-refractivity contribution in [3.05, 3.63) is 36.7 Å². The second-order valence-corrected chi connectivity index (χ2v) is 7.32. The van der Waals surface area contributed by atoms with Crippen LogP contribution in [0.5, 0.6) is 0 Å². The molecule has 43 heavy (non-hydrogen) atoms. The van der Waals surface area contributed by atoms with Crippen molar-refractivity contribution in [3.63, 3.8) is 0 Å². The van der Waals surface area contributed by atoms with E-state index in [2.05, 4.69) is 39.9 Å². The number of rotatable bonds is 3. The topological polar surface area (TPSA) is 321 Å². The van der Waals surface area contributed by atoms with Gasteiger partial charge in [0.1, 0.15) is 11.9 Å². The lowest BCUT2D eigenvalue weighted by molar-refractivity contribution is -0.351. The number of hydrogen-bond donors (Lipinski definition) is 4. The Balaban J connectivity index is 0.000000516. The third kappa shape index (κ3) is 10.8. The molecule has 0 fully saturated rings. The van der Waals surface area contributed by atoms with Crippen LogP contribution in [0.25, 0.3) is 34.2 Å². The van der Waals surface area contributed by atoms with Crippen molar-refractivity contribution in [3.8, 4) is 34.2 Å². The minimum Gasteiger partial charge on any atom is -0.542 e. The Hall–Kier alpha value is -6.00. The number of aliphatic carboxylic acids is 2. The molecule has 0 aliphatic heterocycles. The van der Waals surface area contributed by atoms with Gasteiger partial charge in [-0.25, -0.2) is 9.97 Å². The van der Waals surface area contributed by atoms with Crippen LogP contribution in [-0.4, -0.2) is 59.7 Å². The first-order chi connectivity index (χ1) is 19.4. The normalized spacial score (nSPS) is 10.7. The number of alkyl halides is 6. The Labute approximate surface area is 234 Å². The van der Waals surface area contributed by atoms with E-state index in [-0.39, 0.29) is 29.3 Å². The maximum atomic E-state index is 10.5. The maximum absolute atomic E-state index is 10.5.